The second kappa shape index (κ2) is 10.4. The Morgan fingerprint density at radius 3 is 2.55 bits per heavy atom. The molecule has 31 heavy (non-hydrogen) atoms. The number of amides is 1. The van der Waals surface area contributed by atoms with E-state index in [1.807, 2.05) is 49.4 Å². The normalized spacial score (nSPS) is 11.5. The van der Waals surface area contributed by atoms with Crippen LogP contribution >= 0.6 is 0 Å². The first-order valence-electron chi connectivity index (χ1n) is 10.2. The molecule has 2 aromatic carbocycles. The molecule has 0 saturated heterocycles. The molecule has 1 unspecified atom stereocenters. The summed E-state index contributed by atoms with van der Waals surface area (Å²) in [4.78, 5) is 31.0. The maximum absolute atomic E-state index is 13.0. The number of phenols is 1. The van der Waals surface area contributed by atoms with E-state index in [-0.39, 0.29) is 18.1 Å². The molecule has 6 heteroatoms. The van der Waals surface area contributed by atoms with Crippen molar-refractivity contribution in [1.82, 2.24) is 9.88 Å². The third-order valence-electron chi connectivity index (χ3n) is 5.09. The van der Waals surface area contributed by atoms with Gasteiger partial charge in [-0.25, -0.2) is 0 Å². The highest BCUT2D eigenvalue weighted by Crippen LogP contribution is 2.23. The Morgan fingerprint density at radius 1 is 1.13 bits per heavy atom. The summed E-state index contributed by atoms with van der Waals surface area (Å²) in [5, 5.41) is 9.42. The Balaban J connectivity index is 1.75. The number of aldehydes is 1. The molecule has 1 atom stereocenters. The lowest BCUT2D eigenvalue weighted by atomic mass is 9.99. The molecular formula is C25H26N2O4. The van der Waals surface area contributed by atoms with Crippen LogP contribution in [0.15, 0.2) is 66.7 Å². The number of phenolic OH excluding ortho intramolecular Hbond substituents is 1. The van der Waals surface area contributed by atoms with Crippen LogP contribution < -0.4 is 4.74 Å². The maximum Gasteiger partial charge on any atom is 0.233 e. The van der Waals surface area contributed by atoms with E-state index in [9.17, 15) is 14.7 Å². The van der Waals surface area contributed by atoms with Crippen molar-refractivity contribution in [2.75, 3.05) is 13.7 Å². The van der Waals surface area contributed by atoms with E-state index in [1.165, 1.54) is 0 Å². The van der Waals surface area contributed by atoms with Gasteiger partial charge >= 0.3 is 0 Å². The fraction of sp³-hybridized carbons (Fsp3) is 0.240. The standard InChI is InChI=1S/C25H26N2O4/c1-3-27(25(30)20(17-28)14-18-10-12-22(29)13-11-18)16-21-7-5-9-24(26-21)19-6-4-8-23(15-19)31-2/h4-13,15,17,20,29H,3,14,16H2,1-2H3. The molecule has 0 aliphatic heterocycles. The minimum Gasteiger partial charge on any atom is -0.508 e. The lowest BCUT2D eigenvalue weighted by Gasteiger charge is -2.24. The average Bonchev–Trinajstić information content (AvgIpc) is 2.82. The van der Waals surface area contributed by atoms with E-state index < -0.39 is 5.92 Å². The number of pyridine rings is 1. The second-order valence-electron chi connectivity index (χ2n) is 7.21. The van der Waals surface area contributed by atoms with Gasteiger partial charge in [-0.15, -0.1) is 0 Å². The number of benzene rings is 2. The minimum absolute atomic E-state index is 0.148. The van der Waals surface area contributed by atoms with Crippen LogP contribution in [0.2, 0.25) is 0 Å². The molecule has 160 valence electrons. The van der Waals surface area contributed by atoms with Crippen LogP contribution in [-0.2, 0) is 22.6 Å². The van der Waals surface area contributed by atoms with E-state index in [0.717, 1.165) is 28.3 Å². The molecule has 0 fully saturated rings. The number of carbonyl (C=O) groups is 2. The number of rotatable bonds is 9. The van der Waals surface area contributed by atoms with Crippen molar-refractivity contribution in [3.05, 3.63) is 78.0 Å². The summed E-state index contributed by atoms with van der Waals surface area (Å²) in [6.45, 7) is 2.66. The molecular weight excluding hydrogens is 392 g/mol. The summed E-state index contributed by atoms with van der Waals surface area (Å²) >= 11 is 0. The van der Waals surface area contributed by atoms with Crippen LogP contribution in [-0.4, -0.2) is 40.8 Å². The monoisotopic (exact) mass is 418 g/mol. The zero-order valence-corrected chi connectivity index (χ0v) is 17.7. The molecule has 0 aliphatic rings. The predicted molar refractivity (Wildman–Crippen MR) is 119 cm³/mol. The van der Waals surface area contributed by atoms with Gasteiger partial charge in [0.05, 0.1) is 31.0 Å². The van der Waals surface area contributed by atoms with Crippen molar-refractivity contribution in [2.45, 2.75) is 19.9 Å². The quantitative estimate of drug-likeness (QED) is 0.422. The van der Waals surface area contributed by atoms with Crippen molar-refractivity contribution in [3.63, 3.8) is 0 Å². The fourth-order valence-corrected chi connectivity index (χ4v) is 3.37. The van der Waals surface area contributed by atoms with E-state index >= 15 is 0 Å². The van der Waals surface area contributed by atoms with E-state index in [1.54, 1.807) is 36.3 Å². The number of hydrogen-bond acceptors (Lipinski definition) is 5. The number of ether oxygens (including phenoxy) is 1. The lowest BCUT2D eigenvalue weighted by molar-refractivity contribution is -0.138. The molecule has 0 spiro atoms. The second-order valence-corrected chi connectivity index (χ2v) is 7.21. The van der Waals surface area contributed by atoms with Crippen LogP contribution in [0.4, 0.5) is 0 Å². The van der Waals surface area contributed by atoms with Crippen molar-refractivity contribution < 1.29 is 19.4 Å². The zero-order chi connectivity index (χ0) is 22.2. The van der Waals surface area contributed by atoms with Gasteiger partial charge in [0.15, 0.2) is 0 Å². The van der Waals surface area contributed by atoms with Crippen LogP contribution in [0.1, 0.15) is 18.2 Å². The largest absolute Gasteiger partial charge is 0.508 e. The first kappa shape index (κ1) is 22.0. The molecule has 6 nitrogen and oxygen atoms in total. The Labute approximate surface area is 182 Å². The van der Waals surface area contributed by atoms with Gasteiger partial charge in [0.2, 0.25) is 5.91 Å². The Hall–Kier alpha value is -3.67. The Bertz CT molecular complexity index is 1030. The molecule has 0 bridgehead atoms. The highest BCUT2D eigenvalue weighted by molar-refractivity contribution is 5.92. The molecule has 0 radical (unpaired) electrons. The van der Waals surface area contributed by atoms with Gasteiger partial charge in [-0.05, 0) is 55.3 Å². The van der Waals surface area contributed by atoms with Crippen LogP contribution in [0.3, 0.4) is 0 Å². The first-order valence-corrected chi connectivity index (χ1v) is 10.2. The number of aromatic nitrogens is 1. The van der Waals surface area contributed by atoms with Gasteiger partial charge in [-0.1, -0.05) is 30.3 Å². The van der Waals surface area contributed by atoms with Gasteiger partial charge in [-0.2, -0.15) is 0 Å². The fourth-order valence-electron chi connectivity index (χ4n) is 3.37. The molecule has 1 heterocycles. The van der Waals surface area contributed by atoms with Gasteiger partial charge < -0.3 is 19.5 Å². The summed E-state index contributed by atoms with van der Waals surface area (Å²) in [5.74, 6) is -0.127. The van der Waals surface area contributed by atoms with Crippen LogP contribution in [0.5, 0.6) is 11.5 Å². The van der Waals surface area contributed by atoms with E-state index in [0.29, 0.717) is 19.4 Å². The third-order valence-corrected chi connectivity index (χ3v) is 5.09. The van der Waals surface area contributed by atoms with Crippen molar-refractivity contribution in [3.8, 4) is 22.8 Å². The Morgan fingerprint density at radius 2 is 1.87 bits per heavy atom. The molecule has 1 N–H and O–H groups in total. The minimum atomic E-state index is -0.786. The van der Waals surface area contributed by atoms with Crippen molar-refractivity contribution in [2.24, 2.45) is 5.92 Å². The van der Waals surface area contributed by atoms with Crippen molar-refractivity contribution in [1.29, 1.82) is 0 Å². The first-order chi connectivity index (χ1) is 15.0. The van der Waals surface area contributed by atoms with Crippen LogP contribution in [0, 0.1) is 5.92 Å². The highest BCUT2D eigenvalue weighted by atomic mass is 16.5. The molecule has 0 aliphatic carbocycles. The van der Waals surface area contributed by atoms with Gasteiger partial charge in [0, 0.05) is 12.1 Å². The molecule has 3 aromatic rings. The smallest absolute Gasteiger partial charge is 0.233 e. The van der Waals surface area contributed by atoms with E-state index in [4.69, 9.17) is 9.72 Å². The summed E-state index contributed by atoms with van der Waals surface area (Å²) in [6.07, 6.45) is 0.980. The van der Waals surface area contributed by atoms with Crippen molar-refractivity contribution >= 4 is 12.2 Å². The predicted octanol–water partition coefficient (Wildman–Crippen LogP) is 3.87. The maximum atomic E-state index is 13.0. The highest BCUT2D eigenvalue weighted by Gasteiger charge is 2.24. The number of nitrogens with zero attached hydrogens (tertiary/aromatic N) is 2. The number of methoxy groups -OCH3 is 1. The molecule has 1 aromatic heterocycles. The number of hydrogen-bond donors (Lipinski definition) is 1. The van der Waals surface area contributed by atoms with Gasteiger partial charge in [0.1, 0.15) is 17.8 Å². The summed E-state index contributed by atoms with van der Waals surface area (Å²) < 4.78 is 5.29. The molecule has 3 rings (SSSR count). The SMILES string of the molecule is CCN(Cc1cccc(-c2cccc(OC)c2)n1)C(=O)C(C=O)Cc1ccc(O)cc1. The third kappa shape index (κ3) is 5.69. The summed E-state index contributed by atoms with van der Waals surface area (Å²) in [5.41, 5.74) is 3.27. The van der Waals surface area contributed by atoms with Crippen LogP contribution in [0.25, 0.3) is 11.3 Å². The topological polar surface area (TPSA) is 79.7 Å². The number of aromatic hydroxyl groups is 1. The number of carbonyl (C=O) groups excluding carboxylic acids is 2. The van der Waals surface area contributed by atoms with Gasteiger partial charge in [0.25, 0.3) is 0 Å². The average molecular weight is 418 g/mol. The Kier molecular flexibility index (Phi) is 7.38. The van der Waals surface area contributed by atoms with E-state index in [2.05, 4.69) is 0 Å². The lowest BCUT2D eigenvalue weighted by Crippen LogP contribution is -2.37. The zero-order valence-electron chi connectivity index (χ0n) is 17.7. The summed E-state index contributed by atoms with van der Waals surface area (Å²) in [6, 6.07) is 19.9. The molecule has 1 amide bonds. The van der Waals surface area contributed by atoms with Gasteiger partial charge in [-0.3, -0.25) is 9.78 Å². The molecule has 0 saturated carbocycles. The summed E-state index contributed by atoms with van der Waals surface area (Å²) in [7, 11) is 1.62.